The summed E-state index contributed by atoms with van der Waals surface area (Å²) in [5.74, 6) is -0.882. The summed E-state index contributed by atoms with van der Waals surface area (Å²) in [4.78, 5) is 24.2. The maximum Gasteiger partial charge on any atom is 0.342 e. The molecule has 0 atom stereocenters. The van der Waals surface area contributed by atoms with E-state index in [-0.39, 0.29) is 23.7 Å². The molecule has 2 rings (SSSR count). The zero-order chi connectivity index (χ0) is 17.1. The number of esters is 1. The van der Waals surface area contributed by atoms with Gasteiger partial charge in [-0.05, 0) is 38.1 Å². The van der Waals surface area contributed by atoms with Crippen molar-refractivity contribution >= 4 is 11.8 Å². The number of carbonyl (C=O) groups is 2. The number of hydrogen-bond donors (Lipinski definition) is 1. The van der Waals surface area contributed by atoms with Crippen LogP contribution in [0.5, 0.6) is 11.5 Å². The molecule has 0 saturated heterocycles. The van der Waals surface area contributed by atoms with Crippen molar-refractivity contribution in [2.24, 2.45) is 7.05 Å². The van der Waals surface area contributed by atoms with Crippen LogP contribution in [0.3, 0.4) is 0 Å². The van der Waals surface area contributed by atoms with Gasteiger partial charge in [-0.2, -0.15) is 0 Å². The fourth-order valence-electron chi connectivity index (χ4n) is 2.23. The van der Waals surface area contributed by atoms with Gasteiger partial charge in [0.05, 0.1) is 7.11 Å². The number of Topliss-reactive ketones (excluding diaryl/α,β-unsaturated/α-hetero) is 1. The molecule has 1 aromatic heterocycles. The van der Waals surface area contributed by atoms with E-state index in [0.717, 1.165) is 11.4 Å². The Labute approximate surface area is 134 Å². The van der Waals surface area contributed by atoms with Gasteiger partial charge in [0.1, 0.15) is 17.1 Å². The van der Waals surface area contributed by atoms with E-state index in [1.807, 2.05) is 25.5 Å². The molecule has 1 heterocycles. The number of phenols is 1. The second kappa shape index (κ2) is 6.56. The number of rotatable bonds is 5. The van der Waals surface area contributed by atoms with Gasteiger partial charge in [0.2, 0.25) is 5.78 Å². The Morgan fingerprint density at radius 3 is 2.43 bits per heavy atom. The first-order chi connectivity index (χ1) is 10.8. The summed E-state index contributed by atoms with van der Waals surface area (Å²) in [6.07, 6.45) is 0. The summed E-state index contributed by atoms with van der Waals surface area (Å²) in [7, 11) is 3.31. The predicted molar refractivity (Wildman–Crippen MR) is 84.2 cm³/mol. The Hall–Kier alpha value is -2.76. The van der Waals surface area contributed by atoms with Crippen molar-refractivity contribution in [3.63, 3.8) is 0 Å². The molecule has 122 valence electrons. The van der Waals surface area contributed by atoms with E-state index in [1.54, 1.807) is 6.07 Å². The number of nitrogens with zero attached hydrogens (tertiary/aromatic N) is 1. The van der Waals surface area contributed by atoms with Crippen LogP contribution in [-0.4, -0.2) is 35.1 Å². The van der Waals surface area contributed by atoms with E-state index < -0.39 is 5.97 Å². The summed E-state index contributed by atoms with van der Waals surface area (Å²) in [5.41, 5.74) is 2.24. The van der Waals surface area contributed by atoms with E-state index in [9.17, 15) is 14.7 Å². The quantitative estimate of drug-likeness (QED) is 0.677. The minimum Gasteiger partial charge on any atom is -0.507 e. The normalized spacial score (nSPS) is 10.4. The van der Waals surface area contributed by atoms with Gasteiger partial charge in [-0.25, -0.2) is 4.79 Å². The van der Waals surface area contributed by atoms with Crippen molar-refractivity contribution < 1.29 is 24.2 Å². The summed E-state index contributed by atoms with van der Waals surface area (Å²) < 4.78 is 11.9. The lowest BCUT2D eigenvalue weighted by Crippen LogP contribution is -2.15. The molecule has 0 amide bonds. The lowest BCUT2D eigenvalue weighted by molar-refractivity contribution is 0.0471. The number of phenolic OH excluding ortho intramolecular Hbond substituents is 1. The van der Waals surface area contributed by atoms with Gasteiger partial charge in [-0.15, -0.1) is 0 Å². The van der Waals surface area contributed by atoms with Crippen molar-refractivity contribution in [2.45, 2.75) is 13.8 Å². The molecule has 1 N–H and O–H groups in total. The van der Waals surface area contributed by atoms with Gasteiger partial charge in [0.25, 0.3) is 0 Å². The Morgan fingerprint density at radius 2 is 1.87 bits per heavy atom. The highest BCUT2D eigenvalue weighted by atomic mass is 16.5. The second-order valence-electron chi connectivity index (χ2n) is 5.23. The Bertz CT molecular complexity index is 761. The first kappa shape index (κ1) is 16.6. The number of carbonyl (C=O) groups excluding carboxylic acids is 2. The first-order valence-corrected chi connectivity index (χ1v) is 7.05. The number of aromatic nitrogens is 1. The molecule has 1 aromatic carbocycles. The maximum atomic E-state index is 12.2. The second-order valence-corrected chi connectivity index (χ2v) is 5.23. The van der Waals surface area contributed by atoms with Crippen molar-refractivity contribution in [3.05, 3.63) is 46.8 Å². The summed E-state index contributed by atoms with van der Waals surface area (Å²) in [6.45, 7) is 3.33. The van der Waals surface area contributed by atoms with Crippen molar-refractivity contribution in [3.8, 4) is 11.5 Å². The van der Waals surface area contributed by atoms with Crippen LogP contribution in [0, 0.1) is 13.8 Å². The summed E-state index contributed by atoms with van der Waals surface area (Å²) >= 11 is 0. The van der Waals surface area contributed by atoms with Gasteiger partial charge < -0.3 is 19.1 Å². The highest BCUT2D eigenvalue weighted by Gasteiger charge is 2.18. The SMILES string of the molecule is COc1ccc(O)c(C(=O)OCC(=O)c2cc(C)n(C)c2C)c1. The zero-order valence-corrected chi connectivity index (χ0v) is 13.5. The molecule has 0 aliphatic carbocycles. The molecule has 23 heavy (non-hydrogen) atoms. The van der Waals surface area contributed by atoms with Gasteiger partial charge in [0, 0.05) is 24.0 Å². The van der Waals surface area contributed by atoms with Gasteiger partial charge >= 0.3 is 5.97 Å². The van der Waals surface area contributed by atoms with Crippen LogP contribution in [0.15, 0.2) is 24.3 Å². The smallest absolute Gasteiger partial charge is 0.342 e. The molecule has 0 fully saturated rings. The van der Waals surface area contributed by atoms with Crippen molar-refractivity contribution in [1.29, 1.82) is 0 Å². The number of hydrogen-bond acceptors (Lipinski definition) is 5. The van der Waals surface area contributed by atoms with Crippen LogP contribution in [-0.2, 0) is 11.8 Å². The molecule has 6 heteroatoms. The van der Waals surface area contributed by atoms with Gasteiger partial charge in [0.15, 0.2) is 6.61 Å². The summed E-state index contributed by atoms with van der Waals surface area (Å²) in [5, 5.41) is 9.72. The van der Waals surface area contributed by atoms with Crippen LogP contribution in [0.2, 0.25) is 0 Å². The Morgan fingerprint density at radius 1 is 1.17 bits per heavy atom. The summed E-state index contributed by atoms with van der Waals surface area (Å²) in [6, 6.07) is 5.98. The maximum absolute atomic E-state index is 12.2. The molecular formula is C17H19NO5. The van der Waals surface area contributed by atoms with Crippen LogP contribution < -0.4 is 4.74 Å². The molecule has 0 aliphatic rings. The van der Waals surface area contributed by atoms with Crippen LogP contribution in [0.1, 0.15) is 32.1 Å². The van der Waals surface area contributed by atoms with E-state index in [4.69, 9.17) is 9.47 Å². The van der Waals surface area contributed by atoms with Crippen molar-refractivity contribution in [1.82, 2.24) is 4.57 Å². The molecule has 0 saturated carbocycles. The number of ketones is 1. The third-order valence-electron chi connectivity index (χ3n) is 3.83. The Kier molecular flexibility index (Phi) is 4.74. The van der Waals surface area contributed by atoms with Crippen LogP contribution in [0.25, 0.3) is 0 Å². The number of aryl methyl sites for hydroxylation is 1. The number of benzene rings is 1. The number of aromatic hydroxyl groups is 1. The molecule has 0 aliphatic heterocycles. The fourth-order valence-corrected chi connectivity index (χ4v) is 2.23. The minimum atomic E-state index is -0.778. The molecule has 0 radical (unpaired) electrons. The molecule has 2 aromatic rings. The van der Waals surface area contributed by atoms with Gasteiger partial charge in [-0.1, -0.05) is 0 Å². The van der Waals surface area contributed by atoms with Crippen molar-refractivity contribution in [2.75, 3.05) is 13.7 Å². The molecular weight excluding hydrogens is 298 g/mol. The minimum absolute atomic E-state index is 0.0434. The lowest BCUT2D eigenvalue weighted by atomic mass is 10.1. The monoisotopic (exact) mass is 317 g/mol. The van der Waals surface area contributed by atoms with E-state index in [2.05, 4.69) is 0 Å². The van der Waals surface area contributed by atoms with Gasteiger partial charge in [-0.3, -0.25) is 4.79 Å². The van der Waals surface area contributed by atoms with Crippen LogP contribution in [0.4, 0.5) is 0 Å². The highest BCUT2D eigenvalue weighted by molar-refractivity contribution is 6.01. The highest BCUT2D eigenvalue weighted by Crippen LogP contribution is 2.23. The van der Waals surface area contributed by atoms with Crippen LogP contribution >= 0.6 is 0 Å². The van der Waals surface area contributed by atoms with E-state index in [1.165, 1.54) is 25.3 Å². The lowest BCUT2D eigenvalue weighted by Gasteiger charge is -2.08. The molecule has 0 unspecified atom stereocenters. The third kappa shape index (κ3) is 3.36. The first-order valence-electron chi connectivity index (χ1n) is 7.05. The number of methoxy groups -OCH3 is 1. The molecule has 0 bridgehead atoms. The predicted octanol–water partition coefficient (Wildman–Crippen LogP) is 2.40. The topological polar surface area (TPSA) is 77.8 Å². The average Bonchev–Trinajstić information content (AvgIpc) is 2.80. The standard InChI is InChI=1S/C17H19NO5/c1-10-7-13(11(2)18(10)3)16(20)9-23-17(21)14-8-12(22-4)5-6-15(14)19/h5-8,19H,9H2,1-4H3. The van der Waals surface area contributed by atoms with E-state index in [0.29, 0.717) is 11.3 Å². The third-order valence-corrected chi connectivity index (χ3v) is 3.83. The van der Waals surface area contributed by atoms with E-state index >= 15 is 0 Å². The zero-order valence-electron chi connectivity index (χ0n) is 13.5. The Balaban J connectivity index is 2.10. The average molecular weight is 317 g/mol. The molecule has 0 spiro atoms. The molecule has 6 nitrogen and oxygen atoms in total. The number of ether oxygens (including phenoxy) is 2. The fraction of sp³-hybridized carbons (Fsp3) is 0.294. The largest absolute Gasteiger partial charge is 0.507 e.